The fourth-order valence-electron chi connectivity index (χ4n) is 1.03. The van der Waals surface area contributed by atoms with Crippen LogP contribution < -0.4 is 5.32 Å². The Hall–Kier alpha value is -1.80. The number of aryl methyl sites for hydroxylation is 1. The Bertz CT molecular complexity index is 412. The molecule has 0 aliphatic heterocycles. The fourth-order valence-corrected chi connectivity index (χ4v) is 1.03. The van der Waals surface area contributed by atoms with Gasteiger partial charge in [-0.2, -0.15) is 0 Å². The molecule has 0 aliphatic carbocycles. The second-order valence-corrected chi connectivity index (χ2v) is 2.88. The first-order valence-electron chi connectivity index (χ1n) is 4.44. The summed E-state index contributed by atoms with van der Waals surface area (Å²) in [7, 11) is 4.86. The highest BCUT2D eigenvalue weighted by molar-refractivity contribution is 5.85. The molecule has 0 amide bonds. The highest BCUT2D eigenvalue weighted by Gasteiger charge is 2.12. The minimum Gasteiger partial charge on any atom is -0.463 e. The lowest BCUT2D eigenvalue weighted by molar-refractivity contribution is 0.0582. The van der Waals surface area contributed by atoms with E-state index < -0.39 is 5.97 Å². The third-order valence-corrected chi connectivity index (χ3v) is 1.73. The average molecular weight is 207 g/mol. The molecule has 0 atom stereocenters. The monoisotopic (exact) mass is 207 g/mol. The summed E-state index contributed by atoms with van der Waals surface area (Å²) in [6, 6.07) is 0. The van der Waals surface area contributed by atoms with E-state index in [0.29, 0.717) is 12.2 Å². The van der Waals surface area contributed by atoms with Crippen LogP contribution in [0.4, 0.5) is 0 Å². The molecule has 1 rings (SSSR count). The average Bonchev–Trinajstić information content (AvgIpc) is 2.59. The molecular weight excluding hydrogens is 194 g/mol. The molecule has 1 N–H and O–H groups in total. The molecule has 0 saturated heterocycles. The van der Waals surface area contributed by atoms with Crippen molar-refractivity contribution in [1.29, 1.82) is 0 Å². The lowest BCUT2D eigenvalue weighted by Gasteiger charge is -1.96. The summed E-state index contributed by atoms with van der Waals surface area (Å²) in [5, 5.41) is 2.89. The van der Waals surface area contributed by atoms with Crippen LogP contribution in [0.1, 0.15) is 16.3 Å². The molecule has 0 unspecified atom stereocenters. The highest BCUT2D eigenvalue weighted by atomic mass is 16.5. The number of ether oxygens (including phenoxy) is 1. The van der Waals surface area contributed by atoms with Crippen molar-refractivity contribution in [3.05, 3.63) is 17.7 Å². The van der Waals surface area contributed by atoms with E-state index in [2.05, 4.69) is 26.9 Å². The second kappa shape index (κ2) is 5.17. The van der Waals surface area contributed by atoms with Gasteiger partial charge in [0.1, 0.15) is 5.69 Å². The third kappa shape index (κ3) is 2.82. The summed E-state index contributed by atoms with van der Waals surface area (Å²) in [5.74, 6) is 5.49. The van der Waals surface area contributed by atoms with Gasteiger partial charge in [0.2, 0.25) is 5.82 Å². The van der Waals surface area contributed by atoms with Gasteiger partial charge in [-0.15, -0.1) is 0 Å². The normalized spacial score (nSPS) is 9.27. The summed E-state index contributed by atoms with van der Waals surface area (Å²) in [4.78, 5) is 15.3. The Morgan fingerprint density at radius 2 is 2.47 bits per heavy atom. The maximum absolute atomic E-state index is 11.2. The Morgan fingerprint density at radius 1 is 1.73 bits per heavy atom. The van der Waals surface area contributed by atoms with E-state index in [4.69, 9.17) is 0 Å². The molecule has 1 aromatic rings. The van der Waals surface area contributed by atoms with Crippen molar-refractivity contribution in [2.75, 3.05) is 20.7 Å². The van der Waals surface area contributed by atoms with E-state index in [0.717, 1.165) is 0 Å². The lowest BCUT2D eigenvalue weighted by Crippen LogP contribution is -2.08. The number of nitrogens with one attached hydrogen (secondary N) is 1. The first-order valence-corrected chi connectivity index (χ1v) is 4.44. The Labute approximate surface area is 88.4 Å². The fraction of sp³-hybridized carbons (Fsp3) is 0.400. The van der Waals surface area contributed by atoms with Gasteiger partial charge in [-0.1, -0.05) is 5.92 Å². The predicted molar refractivity (Wildman–Crippen MR) is 55.4 cm³/mol. The minimum absolute atomic E-state index is 0.256. The number of nitrogens with zero attached hydrogens (tertiary/aromatic N) is 2. The molecule has 5 nitrogen and oxygen atoms in total. The summed E-state index contributed by atoms with van der Waals surface area (Å²) >= 11 is 0. The van der Waals surface area contributed by atoms with Crippen molar-refractivity contribution in [2.45, 2.75) is 0 Å². The van der Waals surface area contributed by atoms with Crippen molar-refractivity contribution in [2.24, 2.45) is 7.05 Å². The maximum Gasteiger partial charge on any atom is 0.374 e. The molecule has 0 aromatic carbocycles. The van der Waals surface area contributed by atoms with Gasteiger partial charge < -0.3 is 14.6 Å². The van der Waals surface area contributed by atoms with E-state index in [1.807, 2.05) is 7.05 Å². The molecule has 0 spiro atoms. The smallest absolute Gasteiger partial charge is 0.374 e. The van der Waals surface area contributed by atoms with Crippen LogP contribution in [0, 0.1) is 11.8 Å². The first-order chi connectivity index (χ1) is 7.19. The van der Waals surface area contributed by atoms with Gasteiger partial charge in [0.25, 0.3) is 0 Å². The lowest BCUT2D eigenvalue weighted by atomic mass is 10.4. The number of aromatic nitrogens is 2. The zero-order chi connectivity index (χ0) is 11.3. The summed E-state index contributed by atoms with van der Waals surface area (Å²) < 4.78 is 6.17. The maximum atomic E-state index is 11.2. The summed E-state index contributed by atoms with van der Waals surface area (Å²) in [5.41, 5.74) is 0.563. The van der Waals surface area contributed by atoms with Gasteiger partial charge >= 0.3 is 5.97 Å². The molecular formula is C10H13N3O2. The van der Waals surface area contributed by atoms with Gasteiger partial charge in [0.15, 0.2) is 0 Å². The van der Waals surface area contributed by atoms with Crippen molar-refractivity contribution in [1.82, 2.24) is 14.9 Å². The van der Waals surface area contributed by atoms with Gasteiger partial charge in [0.05, 0.1) is 13.7 Å². The quantitative estimate of drug-likeness (QED) is 0.538. The first kappa shape index (κ1) is 11.3. The summed E-state index contributed by atoms with van der Waals surface area (Å²) in [6.45, 7) is 0.587. The van der Waals surface area contributed by atoms with Crippen LogP contribution in [0.5, 0.6) is 0 Å². The third-order valence-electron chi connectivity index (χ3n) is 1.73. The number of imidazole rings is 1. The minimum atomic E-state index is -0.459. The number of methoxy groups -OCH3 is 1. The van der Waals surface area contributed by atoms with E-state index >= 15 is 0 Å². The van der Waals surface area contributed by atoms with Crippen LogP contribution in [-0.4, -0.2) is 36.2 Å². The van der Waals surface area contributed by atoms with Gasteiger partial charge in [-0.3, -0.25) is 0 Å². The molecule has 0 aliphatic rings. The van der Waals surface area contributed by atoms with E-state index in [-0.39, 0.29) is 5.82 Å². The van der Waals surface area contributed by atoms with Crippen LogP contribution in [0.25, 0.3) is 0 Å². The van der Waals surface area contributed by atoms with Crippen LogP contribution in [0.3, 0.4) is 0 Å². The van der Waals surface area contributed by atoms with Crippen molar-refractivity contribution >= 4 is 5.97 Å². The number of hydrogen-bond acceptors (Lipinski definition) is 4. The van der Waals surface area contributed by atoms with Crippen molar-refractivity contribution in [3.63, 3.8) is 0 Å². The largest absolute Gasteiger partial charge is 0.463 e. The van der Waals surface area contributed by atoms with Crippen LogP contribution in [0.2, 0.25) is 0 Å². The standard InChI is InChI=1S/C10H13N3O2/c1-11-6-4-5-8-7-13(2)9(12-8)10(14)15-3/h7,11H,6H2,1-3H3. The van der Waals surface area contributed by atoms with Gasteiger partial charge in [-0.25, -0.2) is 9.78 Å². The highest BCUT2D eigenvalue weighted by Crippen LogP contribution is 2.01. The number of carbonyl (C=O) groups is 1. The molecule has 0 radical (unpaired) electrons. The van der Waals surface area contributed by atoms with Crippen LogP contribution in [0.15, 0.2) is 6.20 Å². The van der Waals surface area contributed by atoms with Crippen LogP contribution in [-0.2, 0) is 11.8 Å². The molecule has 0 saturated carbocycles. The predicted octanol–water partition coefficient (Wildman–Crippen LogP) is -0.222. The number of rotatable bonds is 2. The molecule has 0 fully saturated rings. The molecule has 80 valence electrons. The molecule has 0 bridgehead atoms. The van der Waals surface area contributed by atoms with E-state index in [9.17, 15) is 4.79 Å². The second-order valence-electron chi connectivity index (χ2n) is 2.88. The molecule has 1 aromatic heterocycles. The van der Waals surface area contributed by atoms with Crippen molar-refractivity contribution in [3.8, 4) is 11.8 Å². The van der Waals surface area contributed by atoms with Gasteiger partial charge in [-0.05, 0) is 13.0 Å². The SMILES string of the molecule is CNCC#Cc1cn(C)c(C(=O)OC)n1. The Morgan fingerprint density at radius 3 is 3.07 bits per heavy atom. The molecule has 15 heavy (non-hydrogen) atoms. The summed E-state index contributed by atoms with van der Waals surface area (Å²) in [6.07, 6.45) is 1.69. The van der Waals surface area contributed by atoms with E-state index in [1.54, 1.807) is 17.8 Å². The van der Waals surface area contributed by atoms with Crippen LogP contribution >= 0.6 is 0 Å². The molecule has 5 heteroatoms. The topological polar surface area (TPSA) is 56.2 Å². The molecule has 1 heterocycles. The van der Waals surface area contributed by atoms with Gasteiger partial charge in [0, 0.05) is 13.2 Å². The number of hydrogen-bond donors (Lipinski definition) is 1. The Balaban J connectivity index is 2.87. The number of esters is 1. The Kier molecular flexibility index (Phi) is 3.89. The zero-order valence-corrected chi connectivity index (χ0v) is 9.00. The number of carbonyl (C=O) groups excluding carboxylic acids is 1. The van der Waals surface area contributed by atoms with Crippen molar-refractivity contribution < 1.29 is 9.53 Å². The van der Waals surface area contributed by atoms with E-state index in [1.165, 1.54) is 7.11 Å². The zero-order valence-electron chi connectivity index (χ0n) is 9.00.